The van der Waals surface area contributed by atoms with E-state index in [1.807, 2.05) is 0 Å². The number of aromatic nitrogens is 4. The molecule has 0 saturated carbocycles. The van der Waals surface area contributed by atoms with Crippen molar-refractivity contribution in [2.24, 2.45) is 0 Å². The number of fused-ring (bicyclic) bond motifs is 1. The Bertz CT molecular complexity index is 867. The number of aliphatic hydroxyl groups excluding tert-OH is 2. The second-order valence-corrected chi connectivity index (χ2v) is 5.79. The lowest BCUT2D eigenvalue weighted by Gasteiger charge is -2.15. The molecule has 26 heavy (non-hydrogen) atoms. The summed E-state index contributed by atoms with van der Waals surface area (Å²) in [6, 6.07) is 0. The van der Waals surface area contributed by atoms with Gasteiger partial charge < -0.3 is 20.7 Å². The van der Waals surface area contributed by atoms with Gasteiger partial charge in [-0.1, -0.05) is 0 Å². The molecule has 1 aliphatic heterocycles. The van der Waals surface area contributed by atoms with Crippen LogP contribution in [0.4, 0.5) is 23.5 Å². The van der Waals surface area contributed by atoms with Crippen LogP contribution in [-0.4, -0.2) is 60.5 Å². The van der Waals surface area contributed by atoms with Crippen molar-refractivity contribution in [3.63, 3.8) is 0 Å². The number of ether oxygens (including phenoxy) is 1. The highest BCUT2D eigenvalue weighted by molar-refractivity contribution is 5.71. The Labute approximate surface area is 142 Å². The first-order valence-electron chi connectivity index (χ1n) is 7.52. The molecule has 4 atom stereocenters. The average molecular weight is 381 g/mol. The smallest absolute Gasteiger partial charge is 0.390 e. The highest BCUT2D eigenvalue weighted by Crippen LogP contribution is 2.32. The van der Waals surface area contributed by atoms with Gasteiger partial charge >= 0.3 is 11.9 Å². The molecule has 0 aromatic carbocycles. The zero-order valence-corrected chi connectivity index (χ0v) is 13.1. The van der Waals surface area contributed by atoms with E-state index in [4.69, 9.17) is 15.6 Å². The summed E-state index contributed by atoms with van der Waals surface area (Å²) >= 11 is 0. The molecule has 0 radical (unpaired) electrons. The fourth-order valence-corrected chi connectivity index (χ4v) is 2.82. The lowest BCUT2D eigenvalue weighted by molar-refractivity contribution is -0.136. The number of nitrogens with two attached hydrogens (primary N) is 1. The minimum Gasteiger partial charge on any atom is -0.394 e. The van der Waals surface area contributed by atoms with Crippen molar-refractivity contribution in [1.82, 2.24) is 19.1 Å². The van der Waals surface area contributed by atoms with Crippen LogP contribution in [0.2, 0.25) is 0 Å². The Morgan fingerprint density at radius 3 is 2.65 bits per heavy atom. The maximum absolute atomic E-state index is 14.0. The third-order valence-electron chi connectivity index (χ3n) is 4.07. The molecule has 0 unspecified atom stereocenters. The maximum Gasteiger partial charge on any atom is 0.390 e. The van der Waals surface area contributed by atoms with E-state index in [9.17, 15) is 27.5 Å². The van der Waals surface area contributed by atoms with E-state index in [0.717, 1.165) is 15.3 Å². The van der Waals surface area contributed by atoms with Crippen molar-refractivity contribution in [3.8, 4) is 0 Å². The number of rotatable bonds is 4. The second-order valence-electron chi connectivity index (χ2n) is 5.79. The first-order chi connectivity index (χ1) is 12.1. The number of nitrogen functional groups attached to an aromatic ring is 1. The van der Waals surface area contributed by atoms with E-state index >= 15 is 0 Å². The molecule has 4 N–H and O–H groups in total. The number of hydrogen-bond donors (Lipinski definition) is 3. The van der Waals surface area contributed by atoms with Gasteiger partial charge in [0.15, 0.2) is 18.0 Å². The number of imidazole rings is 1. The molecule has 1 fully saturated rings. The normalized spacial score (nSPS) is 26.7. The lowest BCUT2D eigenvalue weighted by atomic mass is 10.1. The predicted molar refractivity (Wildman–Crippen MR) is 78.8 cm³/mol. The van der Waals surface area contributed by atoms with Gasteiger partial charge in [0.1, 0.15) is 17.7 Å². The summed E-state index contributed by atoms with van der Waals surface area (Å²) in [6.45, 7) is -1.49. The van der Waals surface area contributed by atoms with Gasteiger partial charge in [0.2, 0.25) is 5.95 Å². The molecule has 0 amide bonds. The van der Waals surface area contributed by atoms with E-state index < -0.39 is 56.0 Å². The average Bonchev–Trinajstić information content (AvgIpc) is 2.99. The Balaban J connectivity index is 2.12. The van der Waals surface area contributed by atoms with Gasteiger partial charge in [-0.15, -0.1) is 0 Å². The molecule has 3 rings (SSSR count). The summed E-state index contributed by atoms with van der Waals surface area (Å²) in [4.78, 5) is 20.1. The summed E-state index contributed by atoms with van der Waals surface area (Å²) < 4.78 is 58.2. The molecule has 2 aromatic heterocycles. The molecule has 0 spiro atoms. The molecular weight excluding hydrogens is 366 g/mol. The largest absolute Gasteiger partial charge is 0.394 e. The van der Waals surface area contributed by atoms with Crippen LogP contribution in [0.5, 0.6) is 0 Å². The molecule has 0 bridgehead atoms. The van der Waals surface area contributed by atoms with Crippen LogP contribution in [0.15, 0.2) is 11.0 Å². The zero-order chi connectivity index (χ0) is 19.2. The quantitative estimate of drug-likeness (QED) is 0.621. The van der Waals surface area contributed by atoms with Crippen molar-refractivity contribution < 1.29 is 32.5 Å². The number of hydrogen-bond acceptors (Lipinski definition) is 7. The highest BCUT2D eigenvalue weighted by Gasteiger charge is 2.46. The number of nitrogens with zero attached hydrogens (tertiary/aromatic N) is 4. The minimum absolute atomic E-state index is 0.0768. The number of anilines is 1. The molecule has 144 valence electrons. The van der Waals surface area contributed by atoms with Gasteiger partial charge in [0.05, 0.1) is 19.2 Å². The van der Waals surface area contributed by atoms with Crippen LogP contribution in [0.25, 0.3) is 11.2 Å². The van der Waals surface area contributed by atoms with Crippen molar-refractivity contribution in [1.29, 1.82) is 0 Å². The molecule has 1 saturated heterocycles. The number of aryl methyl sites for hydroxylation is 1. The number of halogens is 4. The topological polar surface area (TPSA) is 128 Å². The van der Waals surface area contributed by atoms with Crippen LogP contribution in [0.1, 0.15) is 12.6 Å². The van der Waals surface area contributed by atoms with Crippen LogP contribution in [0, 0.1) is 0 Å². The van der Waals surface area contributed by atoms with Crippen molar-refractivity contribution in [2.45, 2.75) is 43.7 Å². The van der Waals surface area contributed by atoms with Crippen molar-refractivity contribution >= 4 is 17.1 Å². The van der Waals surface area contributed by atoms with Crippen molar-refractivity contribution in [3.05, 3.63) is 16.7 Å². The fourth-order valence-electron chi connectivity index (χ4n) is 2.82. The first kappa shape index (κ1) is 18.5. The Kier molecular flexibility index (Phi) is 4.62. The standard InChI is InChI=1S/C13H15F4N5O4/c14-7-6(4-23)26-10(8(7)24)22-9-5(3-19-11(18)20-9)21(12(22)25)2-1-13(15,16)17/h3,6-8,10,23-24H,1-2,4H2,(H2,18,19,20)/t6-,7-,8-,10-/m1/s1. The SMILES string of the molecule is Nc1ncc2c(n1)n([C@@H]1O[C@H](CO)[C@@H](F)[C@H]1O)c(=O)n2CCC(F)(F)F. The third kappa shape index (κ3) is 3.12. The monoisotopic (exact) mass is 381 g/mol. The summed E-state index contributed by atoms with van der Waals surface area (Å²) in [5.74, 6) is -0.276. The van der Waals surface area contributed by atoms with E-state index in [0.29, 0.717) is 0 Å². The van der Waals surface area contributed by atoms with Gasteiger partial charge in [-0.3, -0.25) is 4.57 Å². The summed E-state index contributed by atoms with van der Waals surface area (Å²) in [5.41, 5.74) is 4.18. The van der Waals surface area contributed by atoms with Gasteiger partial charge in [0, 0.05) is 6.54 Å². The van der Waals surface area contributed by atoms with Gasteiger partial charge in [-0.2, -0.15) is 18.2 Å². The van der Waals surface area contributed by atoms with Crippen molar-refractivity contribution in [2.75, 3.05) is 12.3 Å². The summed E-state index contributed by atoms with van der Waals surface area (Å²) in [6.07, 6.45) is -11.6. The number of aliphatic hydroxyl groups is 2. The maximum atomic E-state index is 14.0. The minimum atomic E-state index is -4.52. The van der Waals surface area contributed by atoms with E-state index in [2.05, 4.69) is 9.97 Å². The van der Waals surface area contributed by atoms with E-state index in [-0.39, 0.29) is 17.1 Å². The summed E-state index contributed by atoms with van der Waals surface area (Å²) in [5, 5.41) is 19.1. The Morgan fingerprint density at radius 1 is 1.38 bits per heavy atom. The molecule has 13 heteroatoms. The molecule has 2 aromatic rings. The highest BCUT2D eigenvalue weighted by atomic mass is 19.4. The van der Waals surface area contributed by atoms with Crippen LogP contribution in [0.3, 0.4) is 0 Å². The molecule has 1 aliphatic rings. The Hall–Kier alpha value is -2.25. The van der Waals surface area contributed by atoms with E-state index in [1.54, 1.807) is 0 Å². The zero-order valence-electron chi connectivity index (χ0n) is 13.1. The van der Waals surface area contributed by atoms with Crippen LogP contribution >= 0.6 is 0 Å². The second kappa shape index (κ2) is 6.48. The van der Waals surface area contributed by atoms with Gasteiger partial charge in [-0.25, -0.2) is 18.7 Å². The number of alkyl halides is 4. The molecule has 0 aliphatic carbocycles. The predicted octanol–water partition coefficient (Wildman–Crippen LogP) is -0.284. The molecular formula is C13H15F4N5O4. The van der Waals surface area contributed by atoms with Crippen LogP contribution < -0.4 is 11.4 Å². The first-order valence-corrected chi connectivity index (χ1v) is 7.52. The van der Waals surface area contributed by atoms with Crippen LogP contribution in [-0.2, 0) is 11.3 Å². The molecule has 3 heterocycles. The lowest BCUT2D eigenvalue weighted by Crippen LogP contribution is -2.34. The Morgan fingerprint density at radius 2 is 2.08 bits per heavy atom. The third-order valence-corrected chi connectivity index (χ3v) is 4.07. The van der Waals surface area contributed by atoms with E-state index in [1.165, 1.54) is 0 Å². The molecule has 9 nitrogen and oxygen atoms in total. The van der Waals surface area contributed by atoms with Gasteiger partial charge in [0.25, 0.3) is 0 Å². The van der Waals surface area contributed by atoms with Gasteiger partial charge in [-0.05, 0) is 0 Å². The summed E-state index contributed by atoms with van der Waals surface area (Å²) in [7, 11) is 0. The fraction of sp³-hybridized carbons (Fsp3) is 0.615.